The molecule has 0 aliphatic rings. The lowest BCUT2D eigenvalue weighted by molar-refractivity contribution is -0.125. The summed E-state index contributed by atoms with van der Waals surface area (Å²) in [6, 6.07) is 17.7. The number of carbonyl (C=O) groups is 1. The average Bonchev–Trinajstić information content (AvgIpc) is 2.67. The third kappa shape index (κ3) is 4.48. The van der Waals surface area contributed by atoms with Gasteiger partial charge >= 0.3 is 0 Å². The van der Waals surface area contributed by atoms with Crippen LogP contribution in [0, 0.1) is 6.92 Å². The maximum atomic E-state index is 12.3. The molecule has 3 rings (SSSR count). The van der Waals surface area contributed by atoms with Gasteiger partial charge in [-0.05, 0) is 31.2 Å². The monoisotopic (exact) mass is 346 g/mol. The van der Waals surface area contributed by atoms with E-state index in [1.165, 1.54) is 5.56 Å². The quantitative estimate of drug-likeness (QED) is 0.631. The zero-order valence-corrected chi connectivity index (χ0v) is 15.1. The molecule has 0 saturated carbocycles. The fraction of sp³-hybridized carbons (Fsp3) is 0.182. The molecule has 132 valence electrons. The van der Waals surface area contributed by atoms with E-state index in [9.17, 15) is 4.79 Å². The van der Waals surface area contributed by atoms with Crippen LogP contribution in [-0.4, -0.2) is 36.0 Å². The number of hydrogen-bond donors (Lipinski definition) is 0. The minimum atomic E-state index is -0.0644. The number of pyridine rings is 1. The molecule has 3 aromatic rings. The molecule has 1 heterocycles. The number of likely N-dealkylation sites (N-methyl/N-ethyl adjacent to an activating group) is 1. The van der Waals surface area contributed by atoms with Gasteiger partial charge in [-0.25, -0.2) is 0 Å². The molecule has 0 aliphatic heterocycles. The summed E-state index contributed by atoms with van der Waals surface area (Å²) < 4.78 is 5.67. The van der Waals surface area contributed by atoms with Crippen LogP contribution in [0.1, 0.15) is 11.1 Å². The maximum Gasteiger partial charge on any atom is 0.246 e. The molecule has 0 fully saturated rings. The van der Waals surface area contributed by atoms with Gasteiger partial charge in [0.1, 0.15) is 12.4 Å². The lowest BCUT2D eigenvalue weighted by atomic mass is 10.1. The summed E-state index contributed by atoms with van der Waals surface area (Å²) in [6.45, 7) is 3.01. The zero-order chi connectivity index (χ0) is 18.4. The fourth-order valence-corrected chi connectivity index (χ4v) is 2.60. The summed E-state index contributed by atoms with van der Waals surface area (Å²) in [7, 11) is 1.77. The molecule has 26 heavy (non-hydrogen) atoms. The van der Waals surface area contributed by atoms with Crippen LogP contribution in [0.3, 0.4) is 0 Å². The van der Waals surface area contributed by atoms with Crippen LogP contribution < -0.4 is 4.74 Å². The summed E-state index contributed by atoms with van der Waals surface area (Å²) >= 11 is 0. The van der Waals surface area contributed by atoms with E-state index >= 15 is 0 Å². The summed E-state index contributed by atoms with van der Waals surface area (Å²) in [6.07, 6.45) is 5.15. The number of ether oxygens (including phenoxy) is 1. The van der Waals surface area contributed by atoms with Crippen LogP contribution in [0.4, 0.5) is 0 Å². The highest BCUT2D eigenvalue weighted by Gasteiger charge is 2.06. The van der Waals surface area contributed by atoms with Crippen LogP contribution in [-0.2, 0) is 4.79 Å². The van der Waals surface area contributed by atoms with E-state index in [4.69, 9.17) is 4.74 Å². The van der Waals surface area contributed by atoms with E-state index in [0.717, 1.165) is 22.2 Å². The maximum absolute atomic E-state index is 12.3. The molecule has 0 aliphatic carbocycles. The molecule has 4 heteroatoms. The van der Waals surface area contributed by atoms with Crippen molar-refractivity contribution < 1.29 is 9.53 Å². The number of aryl methyl sites for hydroxylation is 1. The smallest absolute Gasteiger partial charge is 0.246 e. The van der Waals surface area contributed by atoms with Crippen molar-refractivity contribution in [3.05, 3.63) is 78.0 Å². The first-order chi connectivity index (χ1) is 12.6. The van der Waals surface area contributed by atoms with Crippen LogP contribution in [0.5, 0.6) is 5.75 Å². The summed E-state index contributed by atoms with van der Waals surface area (Å²) in [4.78, 5) is 18.3. The number of fused-ring (bicyclic) bond motifs is 1. The number of hydrogen-bond acceptors (Lipinski definition) is 3. The van der Waals surface area contributed by atoms with Crippen molar-refractivity contribution in [2.75, 3.05) is 20.2 Å². The number of nitrogens with zero attached hydrogens (tertiary/aromatic N) is 2. The standard InChI is InChI=1S/C22H22N2O2/c1-17-8-11-20(12-9-17)26-16-15-24(2)21(25)13-10-19-6-3-5-18-7-4-14-23-22(18)19/h3-14H,15-16H2,1-2H3/b13-10+. The predicted molar refractivity (Wildman–Crippen MR) is 105 cm³/mol. The van der Waals surface area contributed by atoms with Crippen molar-refractivity contribution in [3.8, 4) is 5.75 Å². The third-order valence-electron chi connectivity index (χ3n) is 4.16. The first-order valence-electron chi connectivity index (χ1n) is 8.60. The third-order valence-corrected chi connectivity index (χ3v) is 4.16. The molecule has 4 nitrogen and oxygen atoms in total. The number of para-hydroxylation sites is 1. The van der Waals surface area contributed by atoms with E-state index in [1.807, 2.05) is 67.6 Å². The number of amides is 1. The first-order valence-corrected chi connectivity index (χ1v) is 8.60. The minimum Gasteiger partial charge on any atom is -0.492 e. The second-order valence-electron chi connectivity index (χ2n) is 6.18. The number of aromatic nitrogens is 1. The molecule has 0 atom stereocenters. The molecule has 0 spiro atoms. The van der Waals surface area contributed by atoms with Gasteiger partial charge in [-0.1, -0.05) is 42.0 Å². The van der Waals surface area contributed by atoms with Crippen molar-refractivity contribution in [2.24, 2.45) is 0 Å². The summed E-state index contributed by atoms with van der Waals surface area (Å²) in [5.41, 5.74) is 3.02. The van der Waals surface area contributed by atoms with Crippen LogP contribution in [0.15, 0.2) is 66.9 Å². The Balaban J connectivity index is 1.56. The Morgan fingerprint density at radius 3 is 2.69 bits per heavy atom. The normalized spacial score (nSPS) is 11.0. The van der Waals surface area contributed by atoms with E-state index < -0.39 is 0 Å². The van der Waals surface area contributed by atoms with Gasteiger partial charge in [0.2, 0.25) is 5.91 Å². The Hall–Kier alpha value is -3.14. The van der Waals surface area contributed by atoms with Gasteiger partial charge in [-0.15, -0.1) is 0 Å². The largest absolute Gasteiger partial charge is 0.492 e. The van der Waals surface area contributed by atoms with Gasteiger partial charge in [0.25, 0.3) is 0 Å². The molecule has 1 amide bonds. The average molecular weight is 346 g/mol. The Bertz CT molecular complexity index is 912. The van der Waals surface area contributed by atoms with E-state index in [2.05, 4.69) is 4.98 Å². The highest BCUT2D eigenvalue weighted by molar-refractivity contribution is 5.95. The van der Waals surface area contributed by atoms with Gasteiger partial charge in [0, 0.05) is 30.3 Å². The second kappa shape index (κ2) is 8.30. The molecule has 0 unspecified atom stereocenters. The first kappa shape index (κ1) is 17.7. The Morgan fingerprint density at radius 1 is 1.12 bits per heavy atom. The van der Waals surface area contributed by atoms with Crippen molar-refractivity contribution in [1.29, 1.82) is 0 Å². The molecule has 0 bridgehead atoms. The van der Waals surface area contributed by atoms with Gasteiger partial charge in [-0.3, -0.25) is 9.78 Å². The lowest BCUT2D eigenvalue weighted by Gasteiger charge is -2.15. The molecule has 0 saturated heterocycles. The minimum absolute atomic E-state index is 0.0644. The van der Waals surface area contributed by atoms with Crippen molar-refractivity contribution >= 4 is 22.9 Å². The molecule has 0 N–H and O–H groups in total. The van der Waals surface area contributed by atoms with Crippen LogP contribution >= 0.6 is 0 Å². The second-order valence-corrected chi connectivity index (χ2v) is 6.18. The predicted octanol–water partition coefficient (Wildman–Crippen LogP) is 4.09. The van der Waals surface area contributed by atoms with Gasteiger partial charge in [0.05, 0.1) is 12.1 Å². The van der Waals surface area contributed by atoms with Gasteiger partial charge < -0.3 is 9.64 Å². The van der Waals surface area contributed by atoms with Crippen molar-refractivity contribution in [2.45, 2.75) is 6.92 Å². The highest BCUT2D eigenvalue weighted by atomic mass is 16.5. The molecule has 2 aromatic carbocycles. The Morgan fingerprint density at radius 2 is 1.88 bits per heavy atom. The summed E-state index contributed by atoms with van der Waals surface area (Å²) in [5, 5.41) is 1.06. The van der Waals surface area contributed by atoms with Crippen LogP contribution in [0.2, 0.25) is 0 Å². The molecule has 0 radical (unpaired) electrons. The van der Waals surface area contributed by atoms with Gasteiger partial charge in [-0.2, -0.15) is 0 Å². The number of carbonyl (C=O) groups excluding carboxylic acids is 1. The molecule has 1 aromatic heterocycles. The zero-order valence-electron chi connectivity index (χ0n) is 15.1. The Labute approximate surface area is 153 Å². The molecular formula is C22H22N2O2. The van der Waals surface area contributed by atoms with Crippen LogP contribution in [0.25, 0.3) is 17.0 Å². The fourth-order valence-electron chi connectivity index (χ4n) is 2.60. The summed E-state index contributed by atoms with van der Waals surface area (Å²) in [5.74, 6) is 0.749. The van der Waals surface area contributed by atoms with Crippen molar-refractivity contribution in [1.82, 2.24) is 9.88 Å². The van der Waals surface area contributed by atoms with Gasteiger partial charge in [0.15, 0.2) is 0 Å². The van der Waals surface area contributed by atoms with Crippen molar-refractivity contribution in [3.63, 3.8) is 0 Å². The molecular weight excluding hydrogens is 324 g/mol. The SMILES string of the molecule is Cc1ccc(OCCN(C)C(=O)/C=C/c2cccc3cccnc23)cc1. The number of benzene rings is 2. The van der Waals surface area contributed by atoms with E-state index in [0.29, 0.717) is 13.2 Å². The topological polar surface area (TPSA) is 42.4 Å². The highest BCUT2D eigenvalue weighted by Crippen LogP contribution is 2.17. The lowest BCUT2D eigenvalue weighted by Crippen LogP contribution is -2.29. The van der Waals surface area contributed by atoms with E-state index in [1.54, 1.807) is 24.2 Å². The Kier molecular flexibility index (Phi) is 5.64. The number of rotatable bonds is 6. The van der Waals surface area contributed by atoms with E-state index in [-0.39, 0.29) is 5.91 Å².